The molecule has 0 bridgehead atoms. The summed E-state index contributed by atoms with van der Waals surface area (Å²) in [6.45, 7) is 8.99. The zero-order chi connectivity index (χ0) is 12.5. The lowest BCUT2D eigenvalue weighted by Crippen LogP contribution is -2.30. The summed E-state index contributed by atoms with van der Waals surface area (Å²) >= 11 is 0. The molecular weight excluding hydrogens is 218 g/mol. The Morgan fingerprint density at radius 1 is 1.35 bits per heavy atom. The van der Waals surface area contributed by atoms with E-state index in [1.54, 1.807) is 6.26 Å². The molecule has 0 aliphatic carbocycles. The topological polar surface area (TPSA) is 43.6 Å². The van der Waals surface area contributed by atoms with E-state index in [2.05, 4.69) is 12.2 Å². The molecule has 0 aliphatic heterocycles. The lowest BCUT2D eigenvalue weighted by atomic mass is 10.3. The lowest BCUT2D eigenvalue weighted by Gasteiger charge is -2.19. The van der Waals surface area contributed by atoms with Gasteiger partial charge in [0.1, 0.15) is 5.76 Å². The molecule has 98 valence electrons. The molecule has 17 heavy (non-hydrogen) atoms. The molecule has 1 aromatic rings. The Hall–Kier alpha value is -0.840. The average Bonchev–Trinajstić information content (AvgIpc) is 2.79. The van der Waals surface area contributed by atoms with Crippen LogP contribution in [0.3, 0.4) is 0 Å². The van der Waals surface area contributed by atoms with Crippen LogP contribution in [0.2, 0.25) is 0 Å². The van der Waals surface area contributed by atoms with Crippen LogP contribution < -0.4 is 5.32 Å². The lowest BCUT2D eigenvalue weighted by molar-refractivity contribution is -0.0385. The highest BCUT2D eigenvalue weighted by atomic mass is 16.5. The van der Waals surface area contributed by atoms with Crippen LogP contribution in [0.4, 0.5) is 0 Å². The number of hydrogen-bond acceptors (Lipinski definition) is 4. The molecule has 1 heterocycles. The first-order chi connectivity index (χ1) is 8.22. The number of ether oxygens (including phenoxy) is 2. The third-order valence-corrected chi connectivity index (χ3v) is 2.33. The molecular formula is C13H23NO3. The van der Waals surface area contributed by atoms with Crippen molar-refractivity contribution in [2.75, 3.05) is 19.8 Å². The molecule has 2 unspecified atom stereocenters. The highest BCUT2D eigenvalue weighted by molar-refractivity contribution is 4.97. The van der Waals surface area contributed by atoms with Crippen molar-refractivity contribution in [1.82, 2.24) is 5.32 Å². The number of hydrogen-bond donors (Lipinski definition) is 1. The van der Waals surface area contributed by atoms with E-state index in [4.69, 9.17) is 13.9 Å². The van der Waals surface area contributed by atoms with E-state index >= 15 is 0 Å². The molecule has 1 N–H and O–H groups in total. The van der Waals surface area contributed by atoms with Crippen molar-refractivity contribution in [2.24, 2.45) is 0 Å². The molecule has 0 aliphatic rings. The maximum atomic E-state index is 5.75. The average molecular weight is 241 g/mol. The van der Waals surface area contributed by atoms with Crippen molar-refractivity contribution in [2.45, 2.75) is 39.5 Å². The monoisotopic (exact) mass is 241 g/mol. The fourth-order valence-electron chi connectivity index (χ4n) is 1.58. The summed E-state index contributed by atoms with van der Waals surface area (Å²) in [5.74, 6) is 0.944. The zero-order valence-corrected chi connectivity index (χ0v) is 10.9. The summed E-state index contributed by atoms with van der Waals surface area (Å²) in [6.07, 6.45) is 1.98. The van der Waals surface area contributed by atoms with Crippen LogP contribution >= 0.6 is 0 Å². The molecule has 0 amide bonds. The van der Waals surface area contributed by atoms with Crippen LogP contribution in [0.1, 0.15) is 26.5 Å². The van der Waals surface area contributed by atoms with E-state index in [1.165, 1.54) is 0 Å². The summed E-state index contributed by atoms with van der Waals surface area (Å²) in [7, 11) is 0. The third-order valence-electron chi connectivity index (χ3n) is 2.33. The quantitative estimate of drug-likeness (QED) is 0.720. The fourth-order valence-corrected chi connectivity index (χ4v) is 1.58. The first-order valence-corrected chi connectivity index (χ1v) is 6.18. The van der Waals surface area contributed by atoms with Gasteiger partial charge in [-0.2, -0.15) is 0 Å². The van der Waals surface area contributed by atoms with Crippen molar-refractivity contribution in [1.29, 1.82) is 0 Å². The van der Waals surface area contributed by atoms with Crippen molar-refractivity contribution in [3.63, 3.8) is 0 Å². The van der Waals surface area contributed by atoms with E-state index < -0.39 is 0 Å². The summed E-state index contributed by atoms with van der Waals surface area (Å²) in [4.78, 5) is 0. The van der Waals surface area contributed by atoms with Crippen molar-refractivity contribution >= 4 is 0 Å². The van der Waals surface area contributed by atoms with Gasteiger partial charge in [0, 0.05) is 13.2 Å². The third kappa shape index (κ3) is 6.46. The molecule has 1 aromatic heterocycles. The predicted molar refractivity (Wildman–Crippen MR) is 66.9 cm³/mol. The number of rotatable bonds is 9. The highest BCUT2D eigenvalue weighted by Gasteiger charge is 2.08. The second-order valence-corrected chi connectivity index (χ2v) is 4.13. The van der Waals surface area contributed by atoms with Gasteiger partial charge in [-0.3, -0.25) is 0 Å². The Bertz CT molecular complexity index is 274. The van der Waals surface area contributed by atoms with E-state index in [-0.39, 0.29) is 12.2 Å². The molecule has 4 nitrogen and oxygen atoms in total. The van der Waals surface area contributed by atoms with Gasteiger partial charge in [0.15, 0.2) is 0 Å². The number of furan rings is 1. The second kappa shape index (κ2) is 8.28. The van der Waals surface area contributed by atoms with Gasteiger partial charge in [-0.25, -0.2) is 0 Å². The summed E-state index contributed by atoms with van der Waals surface area (Å²) < 4.78 is 16.3. The molecule has 4 heteroatoms. The Morgan fingerprint density at radius 2 is 2.18 bits per heavy atom. The van der Waals surface area contributed by atoms with Gasteiger partial charge < -0.3 is 19.2 Å². The van der Waals surface area contributed by atoms with Crippen LogP contribution in [0.5, 0.6) is 0 Å². The van der Waals surface area contributed by atoms with Crippen LogP contribution in [0.25, 0.3) is 0 Å². The van der Waals surface area contributed by atoms with E-state index in [1.807, 2.05) is 26.0 Å². The van der Waals surface area contributed by atoms with Crippen LogP contribution in [-0.2, 0) is 16.0 Å². The maximum absolute atomic E-state index is 5.75. The fraction of sp³-hybridized carbons (Fsp3) is 0.692. The first kappa shape index (κ1) is 14.2. The molecule has 1 rings (SSSR count). The van der Waals surface area contributed by atoms with Gasteiger partial charge in [-0.1, -0.05) is 0 Å². The Balaban J connectivity index is 2.06. The predicted octanol–water partition coefficient (Wildman–Crippen LogP) is 2.20. The van der Waals surface area contributed by atoms with Gasteiger partial charge >= 0.3 is 0 Å². The van der Waals surface area contributed by atoms with Gasteiger partial charge in [0.25, 0.3) is 0 Å². The molecule has 0 fully saturated rings. The molecule has 0 radical (unpaired) electrons. The molecule has 0 spiro atoms. The summed E-state index contributed by atoms with van der Waals surface area (Å²) in [6, 6.07) is 3.84. The van der Waals surface area contributed by atoms with Gasteiger partial charge in [-0.15, -0.1) is 0 Å². The van der Waals surface area contributed by atoms with E-state index in [0.29, 0.717) is 6.61 Å². The Kier molecular flexibility index (Phi) is 6.93. The van der Waals surface area contributed by atoms with E-state index in [0.717, 1.165) is 25.5 Å². The van der Waals surface area contributed by atoms with Crippen molar-refractivity contribution in [3.8, 4) is 0 Å². The van der Waals surface area contributed by atoms with Gasteiger partial charge in [0.2, 0.25) is 0 Å². The SMILES string of the molecule is CCOCC(C)OC(C)CNCc1ccco1. The van der Waals surface area contributed by atoms with Crippen LogP contribution in [0, 0.1) is 0 Å². The van der Waals surface area contributed by atoms with Crippen molar-refractivity contribution < 1.29 is 13.9 Å². The number of nitrogens with one attached hydrogen (secondary N) is 1. The molecule has 0 saturated heterocycles. The van der Waals surface area contributed by atoms with Crippen LogP contribution in [-0.4, -0.2) is 32.0 Å². The zero-order valence-electron chi connectivity index (χ0n) is 10.9. The molecule has 0 aromatic carbocycles. The maximum Gasteiger partial charge on any atom is 0.117 e. The smallest absolute Gasteiger partial charge is 0.117 e. The standard InChI is InChI=1S/C13H23NO3/c1-4-15-10-12(3)17-11(2)8-14-9-13-6-5-7-16-13/h5-7,11-12,14H,4,8-10H2,1-3H3. The normalized spacial score (nSPS) is 14.8. The van der Waals surface area contributed by atoms with Crippen LogP contribution in [0.15, 0.2) is 22.8 Å². The van der Waals surface area contributed by atoms with Gasteiger partial charge in [-0.05, 0) is 32.9 Å². The minimum absolute atomic E-state index is 0.135. The Labute approximate surface area is 103 Å². The minimum atomic E-state index is 0.135. The summed E-state index contributed by atoms with van der Waals surface area (Å²) in [5, 5.41) is 3.29. The highest BCUT2D eigenvalue weighted by Crippen LogP contribution is 2.01. The first-order valence-electron chi connectivity index (χ1n) is 6.18. The summed E-state index contributed by atoms with van der Waals surface area (Å²) in [5.41, 5.74) is 0. The second-order valence-electron chi connectivity index (χ2n) is 4.13. The molecule has 2 atom stereocenters. The van der Waals surface area contributed by atoms with Gasteiger partial charge in [0.05, 0.1) is 31.6 Å². The molecule has 0 saturated carbocycles. The largest absolute Gasteiger partial charge is 0.468 e. The van der Waals surface area contributed by atoms with Crippen molar-refractivity contribution in [3.05, 3.63) is 24.2 Å². The Morgan fingerprint density at radius 3 is 2.82 bits per heavy atom. The van der Waals surface area contributed by atoms with E-state index in [9.17, 15) is 0 Å². The minimum Gasteiger partial charge on any atom is -0.468 e.